The van der Waals surface area contributed by atoms with Gasteiger partial charge in [0, 0.05) is 58.3 Å². The van der Waals surface area contributed by atoms with Gasteiger partial charge >= 0.3 is 110 Å². The molecular weight excluding hydrogens is 2410 g/mol. The summed E-state index contributed by atoms with van der Waals surface area (Å²) in [5, 5.41) is 63.9. The van der Waals surface area contributed by atoms with Gasteiger partial charge in [-0.15, -0.1) is 6.58 Å². The Morgan fingerprint density at radius 2 is 0.991 bits per heavy atom. The fourth-order valence-corrected chi connectivity index (χ4v) is 13.1. The maximum absolute atomic E-state index is 13.3. The number of nitro benzene ring substituents is 1. The number of carbonyl (C=O) groups is 2. The van der Waals surface area contributed by atoms with Crippen molar-refractivity contribution in [2.75, 3.05) is 5.73 Å². The van der Waals surface area contributed by atoms with Crippen LogP contribution < -0.4 is 114 Å². The predicted molar refractivity (Wildman–Crippen MR) is 473 cm³/mol. The van der Waals surface area contributed by atoms with E-state index >= 15 is 0 Å². The molecule has 0 fully saturated rings. The van der Waals surface area contributed by atoms with Crippen LogP contribution in [0.4, 0.5) is 50.9 Å². The molecule has 604 valence electrons. The van der Waals surface area contributed by atoms with Gasteiger partial charge in [0.25, 0.3) is 12.2 Å². The largest absolute Gasteiger partial charge is 1.00 e. The number of aryl methyl sites for hydroxylation is 7. The van der Waals surface area contributed by atoms with E-state index in [-0.39, 0.29) is 174 Å². The Morgan fingerprint density at radius 3 is 1.49 bits per heavy atom. The summed E-state index contributed by atoms with van der Waals surface area (Å²) in [5.41, 5.74) is 15.0. The van der Waals surface area contributed by atoms with Gasteiger partial charge in [-0.1, -0.05) is 18.6 Å². The number of fused-ring (bicyclic) bond motifs is 5. The van der Waals surface area contributed by atoms with E-state index in [1.165, 1.54) is 66.3 Å². The van der Waals surface area contributed by atoms with Gasteiger partial charge in [0.15, 0.2) is 0 Å². The molecule has 0 aliphatic heterocycles. The first-order chi connectivity index (χ1) is 53.5. The van der Waals surface area contributed by atoms with E-state index in [4.69, 9.17) is 25.8 Å². The smallest absolute Gasteiger partial charge is 1.00 e. The summed E-state index contributed by atoms with van der Waals surface area (Å²) in [6.07, 6.45) is 5.50. The van der Waals surface area contributed by atoms with Gasteiger partial charge in [-0.05, 0) is 355 Å². The van der Waals surface area contributed by atoms with Gasteiger partial charge in [-0.3, -0.25) is 39.2 Å². The number of benzene rings is 9. The van der Waals surface area contributed by atoms with Crippen LogP contribution in [-0.4, -0.2) is 84.6 Å². The Morgan fingerprint density at radius 1 is 0.560 bits per heavy atom. The Hall–Kier alpha value is -3.48. The summed E-state index contributed by atoms with van der Waals surface area (Å²) in [4.78, 5) is 31.4. The number of nitrogens with two attached hydrogens (primary N) is 1. The van der Waals surface area contributed by atoms with Crippen molar-refractivity contribution in [1.29, 1.82) is 0 Å². The number of anilines is 1. The van der Waals surface area contributed by atoms with Crippen LogP contribution in [0.3, 0.4) is 0 Å². The summed E-state index contributed by atoms with van der Waals surface area (Å²) < 4.78 is 126. The van der Waals surface area contributed by atoms with Gasteiger partial charge in [0.05, 0.1) is 97.4 Å². The molecule has 0 saturated heterocycles. The Kier molecular flexibility index (Phi) is 50.1. The molecule has 0 atom stereocenters. The maximum Gasteiger partial charge on any atom is 1.00 e. The number of rotatable bonds is 6. The van der Waals surface area contributed by atoms with Crippen LogP contribution in [0.2, 0.25) is 0 Å². The quantitative estimate of drug-likeness (QED) is 0.0151. The van der Waals surface area contributed by atoms with Crippen LogP contribution in [0.25, 0.3) is 60.6 Å². The molecule has 0 bridgehead atoms. The molecule has 9 aromatic carbocycles. The van der Waals surface area contributed by atoms with Crippen molar-refractivity contribution in [2.24, 2.45) is 14.1 Å². The number of hydrogen-bond donors (Lipinski definition) is 5. The first-order valence-corrected chi connectivity index (χ1v) is 40.6. The third-order valence-corrected chi connectivity index (χ3v) is 21.7. The SMILES string of the molecule is C=CB(O)O.C=Cc1nn(C)c2cc(Br)c(F)cc12.Cc1cc(F)c(Br)cc1C.Cc1cc(F)c(Br)cc1N.Cc1cc(F)c(Br)cc1[N+](=O)[O-].Cc1ccc(Br)c(F)c1.Cn1nc(I)c2cc(F)c(Br)cc21.Fc1cc2c(I)[nH]nc2cc1Br.Fc1cc2cn[nH]c2cc1Br.O=CCn1ncc2cc(F)c(Br)cc21.O=CO[O-].[H-].[K+].[K+]. The number of nitrogens with zero attached hydrogens (tertiary/aromatic N) is 9. The summed E-state index contributed by atoms with van der Waals surface area (Å²) in [7, 11) is 2.31. The standard InChI is InChI=1S/C10H8BrFN2.C9H6BrFN2O.C8H5BrFIN2.C8H8BrF.C7H3BrFIN2.C7H4BrFN2.C7H5BrFNO2.C7H7BrFN.C7H6BrF.C2H5BO2.CH2O3.2K.H/c1-3-9-6-4-8(12)7(11)5-10(6)14(2)13-9;10-7-4-9-6(3-8(7)11)5-12-13(9)1-2-14;1-13-7-3-5(9)6(10)2-4(7)8(11)12-13;1-5-3-7(9)8(10)4-6(5)2;8-4-2-6-3(1-5(4)9)7(10)12-11-6;8-5-2-7-4(1-6(5)9)3-10-11-7;1-4-2-6(9)5(8)3-7(4)10(11)12;1-4-2-6(9)5(8)3-7(4)10;1-5-2-3-6(8)7(9)4-5;1-2-3(4)5;2-1-4-3;;;/h3-5H,1H2,2H3;2-5H,1H2;2-3H,1H3;3-4H,1-2H3;1-2H,(H,11,12);1-3H,(H,10,11);2-3H,1H3;2-3H,10H2,1H3;2-4H,1H3;2,4-5H,1H2;1,3H;;;/q;;;;;;;;;;;2*+1;-1/p-1. The molecule has 5 heterocycles. The summed E-state index contributed by atoms with van der Waals surface area (Å²) in [6.45, 7) is 15.7. The molecule has 116 heavy (non-hydrogen) atoms. The predicted octanol–water partition coefficient (Wildman–Crippen LogP) is 17.0. The molecule has 43 heteroatoms. The summed E-state index contributed by atoms with van der Waals surface area (Å²) >= 11 is 31.8. The minimum absolute atomic E-state index is 0. The topological polar surface area (TPSA) is 287 Å². The normalized spacial score (nSPS) is 9.95. The zero-order valence-corrected chi connectivity index (χ0v) is 86.5. The number of halogens is 20. The first kappa shape index (κ1) is 109. The molecule has 0 aliphatic rings. The molecule has 6 N–H and O–H groups in total. The molecule has 0 unspecified atom stereocenters. The molecule has 0 amide bonds. The fraction of sp³-hybridized carbons (Fsp3) is 0.110. The molecule has 14 rings (SSSR count). The minimum Gasteiger partial charge on any atom is -1.00 e. The molecule has 20 nitrogen and oxygen atoms in total. The fourth-order valence-electron chi connectivity index (χ4n) is 8.68. The number of aromatic nitrogens is 10. The third kappa shape index (κ3) is 34.0. The molecule has 5 aromatic heterocycles. The number of nitrogens with one attached hydrogen (secondary N) is 2. The molecule has 0 spiro atoms. The van der Waals surface area contributed by atoms with Crippen LogP contribution in [-0.2, 0) is 35.1 Å². The number of carbonyl (C=O) groups excluding carboxylic acids is 2. The first-order valence-electron chi connectivity index (χ1n) is 31.3. The molecular formula is C73H59BBr9F9I2K2N12O8. The van der Waals surface area contributed by atoms with E-state index in [0.29, 0.717) is 58.1 Å². The van der Waals surface area contributed by atoms with E-state index in [1.807, 2.05) is 40.9 Å². The molecule has 0 aliphatic carbocycles. The number of hydrogen-bond acceptors (Lipinski definition) is 14. The van der Waals surface area contributed by atoms with Crippen molar-refractivity contribution >= 4 is 280 Å². The monoisotopic (exact) mass is 2460 g/mol. The van der Waals surface area contributed by atoms with Crippen molar-refractivity contribution in [3.05, 3.63) is 290 Å². The average Bonchev–Trinajstić information content (AvgIpc) is 1.67. The van der Waals surface area contributed by atoms with Gasteiger partial charge in [-0.2, -0.15) is 25.5 Å². The number of nitrogen functional groups attached to an aromatic ring is 1. The second-order valence-corrected chi connectivity index (χ2v) is 32.4. The minimum atomic E-state index is -1.35. The number of H-pyrrole nitrogens is 2. The van der Waals surface area contributed by atoms with Crippen LogP contribution in [0.15, 0.2) is 187 Å². The number of nitro groups is 1. The summed E-state index contributed by atoms with van der Waals surface area (Å²) in [6, 6.07) is 29.2. The summed E-state index contributed by atoms with van der Waals surface area (Å²) in [5.74, 6) is -1.52. The zero-order chi connectivity index (χ0) is 85.9. The zero-order valence-electron chi connectivity index (χ0n) is 62.6. The van der Waals surface area contributed by atoms with Gasteiger partial charge in [0.1, 0.15) is 66.0 Å². The second kappa shape index (κ2) is 53.5. The van der Waals surface area contributed by atoms with Crippen molar-refractivity contribution in [3.63, 3.8) is 0 Å². The Bertz CT molecular complexity index is 5520. The van der Waals surface area contributed by atoms with Gasteiger partial charge in [0.2, 0.25) is 0 Å². The van der Waals surface area contributed by atoms with Crippen LogP contribution in [0.5, 0.6) is 0 Å². The van der Waals surface area contributed by atoms with E-state index < -0.39 is 17.9 Å². The van der Waals surface area contributed by atoms with E-state index in [9.17, 15) is 54.4 Å². The third-order valence-electron chi connectivity index (χ3n) is 14.5. The van der Waals surface area contributed by atoms with Crippen LogP contribution in [0, 0.1) is 104 Å². The maximum atomic E-state index is 13.3. The van der Waals surface area contributed by atoms with Crippen molar-refractivity contribution in [3.8, 4) is 0 Å². The van der Waals surface area contributed by atoms with Crippen molar-refractivity contribution < 1.29 is 178 Å². The Balaban J connectivity index is 0.000000649. The Labute approximate surface area is 846 Å². The van der Waals surface area contributed by atoms with E-state index in [1.54, 1.807) is 77.1 Å². The molecule has 0 radical (unpaired) electrons. The van der Waals surface area contributed by atoms with Crippen LogP contribution in [0.1, 0.15) is 34.9 Å². The van der Waals surface area contributed by atoms with Crippen LogP contribution >= 0.6 is 189 Å². The number of aromatic amines is 2. The average molecular weight is 2470 g/mol. The van der Waals surface area contributed by atoms with Crippen molar-refractivity contribution in [1.82, 2.24) is 49.7 Å². The van der Waals surface area contributed by atoms with Gasteiger partial charge in [-0.25, -0.2) is 39.5 Å². The molecule has 14 aromatic rings. The van der Waals surface area contributed by atoms with Crippen molar-refractivity contribution in [2.45, 2.75) is 41.2 Å². The molecule has 0 saturated carbocycles. The van der Waals surface area contributed by atoms with E-state index in [0.717, 1.165) is 103 Å². The van der Waals surface area contributed by atoms with Gasteiger partial charge < -0.3 is 32.1 Å². The second-order valence-electron chi connectivity index (χ2n) is 22.6. The van der Waals surface area contributed by atoms with E-state index in [2.05, 4.69) is 242 Å². The number of aldehydes is 1.